The molecular formula is C19H27N5O. The minimum absolute atomic E-state index is 0.0347. The predicted octanol–water partition coefficient (Wildman–Crippen LogP) is 1.83. The number of aromatic nitrogens is 2. The number of anilines is 1. The van der Waals surface area contributed by atoms with E-state index in [1.165, 1.54) is 5.69 Å². The van der Waals surface area contributed by atoms with Crippen LogP contribution in [-0.2, 0) is 6.42 Å². The Labute approximate surface area is 149 Å². The van der Waals surface area contributed by atoms with Crippen LogP contribution in [0, 0.1) is 6.92 Å². The largest absolute Gasteiger partial charge is 0.369 e. The maximum Gasteiger partial charge on any atom is 0.251 e. The molecule has 0 spiro atoms. The molecule has 134 valence electrons. The summed E-state index contributed by atoms with van der Waals surface area (Å²) in [5, 5.41) is 10.2. The lowest BCUT2D eigenvalue weighted by atomic mass is 10.1. The summed E-state index contributed by atoms with van der Waals surface area (Å²) in [5.41, 5.74) is 3.89. The molecule has 0 saturated carbocycles. The highest BCUT2D eigenvalue weighted by molar-refractivity contribution is 5.94. The lowest BCUT2D eigenvalue weighted by molar-refractivity contribution is 0.0940. The van der Waals surface area contributed by atoms with E-state index in [4.69, 9.17) is 0 Å². The molecule has 1 aromatic heterocycles. The number of aromatic amines is 1. The van der Waals surface area contributed by atoms with E-state index >= 15 is 0 Å². The van der Waals surface area contributed by atoms with Crippen LogP contribution < -0.4 is 10.2 Å². The van der Waals surface area contributed by atoms with Crippen molar-refractivity contribution in [1.82, 2.24) is 20.4 Å². The third kappa shape index (κ3) is 4.60. The number of amides is 1. The maximum atomic E-state index is 12.4. The number of nitrogens with one attached hydrogen (secondary N) is 2. The average Bonchev–Trinajstić information content (AvgIpc) is 3.00. The summed E-state index contributed by atoms with van der Waals surface area (Å²) in [6.07, 6.45) is 0.718. The molecular weight excluding hydrogens is 314 g/mol. The molecule has 6 heteroatoms. The number of rotatable bonds is 5. The van der Waals surface area contributed by atoms with Gasteiger partial charge in [-0.15, -0.1) is 0 Å². The zero-order valence-corrected chi connectivity index (χ0v) is 15.2. The number of aryl methyl sites for hydroxylation is 1. The van der Waals surface area contributed by atoms with Gasteiger partial charge in [0.2, 0.25) is 0 Å². The van der Waals surface area contributed by atoms with Crippen molar-refractivity contribution >= 4 is 11.6 Å². The Bertz CT molecular complexity index is 701. The standard InChI is InChI=1S/C19H27N5O/c1-14(12-17-13-15(2)21-22-17)20-19(25)16-4-6-18(7-5-16)24-10-8-23(3)9-11-24/h4-7,13-14H,8-12H2,1-3H3,(H,20,25)(H,21,22)/t14-/m1/s1. The number of carbonyl (C=O) groups excluding carboxylic acids is 1. The Hall–Kier alpha value is -2.34. The molecule has 0 aliphatic carbocycles. The van der Waals surface area contributed by atoms with Gasteiger partial charge < -0.3 is 15.1 Å². The maximum absolute atomic E-state index is 12.4. The van der Waals surface area contributed by atoms with Crippen LogP contribution in [0.5, 0.6) is 0 Å². The number of carbonyl (C=O) groups is 1. The lowest BCUT2D eigenvalue weighted by Crippen LogP contribution is -2.44. The highest BCUT2D eigenvalue weighted by atomic mass is 16.1. The molecule has 0 radical (unpaired) electrons. The van der Waals surface area contributed by atoms with E-state index in [-0.39, 0.29) is 11.9 Å². The second-order valence-corrected chi connectivity index (χ2v) is 6.96. The van der Waals surface area contributed by atoms with Crippen molar-refractivity contribution in [2.24, 2.45) is 0 Å². The fourth-order valence-electron chi connectivity index (χ4n) is 3.14. The fraction of sp³-hybridized carbons (Fsp3) is 0.474. The topological polar surface area (TPSA) is 64.3 Å². The molecule has 1 aromatic carbocycles. The van der Waals surface area contributed by atoms with Crippen molar-refractivity contribution in [2.45, 2.75) is 26.3 Å². The predicted molar refractivity (Wildman–Crippen MR) is 100 cm³/mol. The summed E-state index contributed by atoms with van der Waals surface area (Å²) in [5.74, 6) is -0.0373. The number of likely N-dealkylation sites (N-methyl/N-ethyl adjacent to an activating group) is 1. The van der Waals surface area contributed by atoms with Crippen LogP contribution >= 0.6 is 0 Å². The first kappa shape index (κ1) is 17.5. The number of piperazine rings is 1. The zero-order valence-electron chi connectivity index (χ0n) is 15.2. The summed E-state index contributed by atoms with van der Waals surface area (Å²) in [6.45, 7) is 8.19. The molecule has 25 heavy (non-hydrogen) atoms. The SMILES string of the molecule is Cc1cc(C[C@@H](C)NC(=O)c2ccc(N3CCN(C)CC3)cc2)n[nH]1. The van der Waals surface area contributed by atoms with Crippen LogP contribution in [0.15, 0.2) is 30.3 Å². The smallest absolute Gasteiger partial charge is 0.251 e. The highest BCUT2D eigenvalue weighted by Crippen LogP contribution is 2.17. The summed E-state index contributed by atoms with van der Waals surface area (Å²) in [6, 6.07) is 9.95. The molecule has 1 aliphatic rings. The Morgan fingerprint density at radius 2 is 1.92 bits per heavy atom. The molecule has 1 fully saturated rings. The molecule has 1 saturated heterocycles. The van der Waals surface area contributed by atoms with E-state index in [0.717, 1.165) is 44.0 Å². The van der Waals surface area contributed by atoms with Gasteiger partial charge in [-0.3, -0.25) is 9.89 Å². The first-order valence-electron chi connectivity index (χ1n) is 8.86. The molecule has 1 aliphatic heterocycles. The molecule has 6 nitrogen and oxygen atoms in total. The summed E-state index contributed by atoms with van der Waals surface area (Å²) in [4.78, 5) is 17.1. The van der Waals surface area contributed by atoms with Gasteiger partial charge in [-0.05, 0) is 51.2 Å². The molecule has 2 aromatic rings. The molecule has 0 bridgehead atoms. The van der Waals surface area contributed by atoms with Crippen LogP contribution in [0.2, 0.25) is 0 Å². The zero-order chi connectivity index (χ0) is 17.8. The van der Waals surface area contributed by atoms with Gasteiger partial charge in [-0.1, -0.05) is 0 Å². The highest BCUT2D eigenvalue weighted by Gasteiger charge is 2.15. The molecule has 3 rings (SSSR count). The quantitative estimate of drug-likeness (QED) is 0.871. The van der Waals surface area contributed by atoms with E-state index in [9.17, 15) is 4.79 Å². The van der Waals surface area contributed by atoms with Gasteiger partial charge in [0.25, 0.3) is 5.91 Å². The normalized spacial score (nSPS) is 16.7. The van der Waals surface area contributed by atoms with Gasteiger partial charge in [-0.2, -0.15) is 5.10 Å². The first-order chi connectivity index (χ1) is 12.0. The Morgan fingerprint density at radius 3 is 2.52 bits per heavy atom. The third-order valence-electron chi connectivity index (χ3n) is 4.65. The van der Waals surface area contributed by atoms with Gasteiger partial charge in [0.1, 0.15) is 0 Å². The van der Waals surface area contributed by atoms with E-state index in [1.54, 1.807) is 0 Å². The van der Waals surface area contributed by atoms with E-state index in [2.05, 4.69) is 32.4 Å². The Morgan fingerprint density at radius 1 is 1.24 bits per heavy atom. The molecule has 1 amide bonds. The van der Waals surface area contributed by atoms with E-state index < -0.39 is 0 Å². The Kier molecular flexibility index (Phi) is 5.38. The fourth-order valence-corrected chi connectivity index (χ4v) is 3.14. The van der Waals surface area contributed by atoms with E-state index in [1.807, 2.05) is 44.2 Å². The summed E-state index contributed by atoms with van der Waals surface area (Å²) < 4.78 is 0. The second kappa shape index (κ2) is 7.70. The first-order valence-corrected chi connectivity index (χ1v) is 8.86. The minimum atomic E-state index is -0.0373. The second-order valence-electron chi connectivity index (χ2n) is 6.96. The van der Waals surface area contributed by atoms with Crippen molar-refractivity contribution in [3.8, 4) is 0 Å². The van der Waals surface area contributed by atoms with Crippen LogP contribution in [0.3, 0.4) is 0 Å². The van der Waals surface area contributed by atoms with Gasteiger partial charge in [-0.25, -0.2) is 0 Å². The third-order valence-corrected chi connectivity index (χ3v) is 4.65. The molecule has 0 unspecified atom stereocenters. The van der Waals surface area contributed by atoms with Crippen LogP contribution in [0.25, 0.3) is 0 Å². The van der Waals surface area contributed by atoms with Crippen LogP contribution in [0.4, 0.5) is 5.69 Å². The van der Waals surface area contributed by atoms with Gasteiger partial charge in [0.05, 0.1) is 5.69 Å². The van der Waals surface area contributed by atoms with Crippen LogP contribution in [-0.4, -0.2) is 60.3 Å². The minimum Gasteiger partial charge on any atom is -0.369 e. The lowest BCUT2D eigenvalue weighted by Gasteiger charge is -2.34. The van der Waals surface area contributed by atoms with Crippen LogP contribution in [0.1, 0.15) is 28.7 Å². The summed E-state index contributed by atoms with van der Waals surface area (Å²) >= 11 is 0. The van der Waals surface area contributed by atoms with Crippen molar-refractivity contribution in [3.63, 3.8) is 0 Å². The number of nitrogens with zero attached hydrogens (tertiary/aromatic N) is 3. The number of hydrogen-bond acceptors (Lipinski definition) is 4. The Balaban J connectivity index is 1.55. The van der Waals surface area contributed by atoms with Gasteiger partial charge in [0, 0.05) is 55.6 Å². The molecule has 1 atom stereocenters. The van der Waals surface area contributed by atoms with Gasteiger partial charge in [0.15, 0.2) is 0 Å². The number of benzene rings is 1. The van der Waals surface area contributed by atoms with Gasteiger partial charge >= 0.3 is 0 Å². The van der Waals surface area contributed by atoms with Crippen molar-refractivity contribution < 1.29 is 4.79 Å². The van der Waals surface area contributed by atoms with Crippen molar-refractivity contribution in [3.05, 3.63) is 47.3 Å². The monoisotopic (exact) mass is 341 g/mol. The number of H-pyrrole nitrogens is 1. The van der Waals surface area contributed by atoms with E-state index in [0.29, 0.717) is 5.56 Å². The van der Waals surface area contributed by atoms with Crippen molar-refractivity contribution in [1.29, 1.82) is 0 Å². The summed E-state index contributed by atoms with van der Waals surface area (Å²) in [7, 11) is 2.15. The number of hydrogen-bond donors (Lipinski definition) is 2. The molecule has 2 N–H and O–H groups in total. The van der Waals surface area contributed by atoms with Crippen molar-refractivity contribution in [2.75, 3.05) is 38.1 Å². The molecule has 2 heterocycles. The average molecular weight is 341 g/mol.